The van der Waals surface area contributed by atoms with Gasteiger partial charge in [0.15, 0.2) is 0 Å². The van der Waals surface area contributed by atoms with E-state index in [4.69, 9.17) is 4.74 Å². The Labute approximate surface area is 83.3 Å². The van der Waals surface area contributed by atoms with Crippen molar-refractivity contribution >= 4 is 0 Å². The van der Waals surface area contributed by atoms with Crippen LogP contribution in [-0.4, -0.2) is 37.2 Å². The lowest BCUT2D eigenvalue weighted by Gasteiger charge is -2.23. The second kappa shape index (κ2) is 5.61. The molecule has 0 aliphatic heterocycles. The van der Waals surface area contributed by atoms with Crippen molar-refractivity contribution in [2.75, 3.05) is 26.7 Å². The molecular formula is C11H25NO. The molecule has 0 fully saturated rings. The van der Waals surface area contributed by atoms with Crippen LogP contribution in [0.1, 0.15) is 34.6 Å². The molecule has 0 rings (SSSR count). The molecule has 80 valence electrons. The van der Waals surface area contributed by atoms with Gasteiger partial charge in [0.2, 0.25) is 0 Å². The zero-order valence-electron chi connectivity index (χ0n) is 10.1. The minimum absolute atomic E-state index is 0.00132. The van der Waals surface area contributed by atoms with E-state index in [1.165, 1.54) is 0 Å². The first-order valence-electron chi connectivity index (χ1n) is 5.14. The summed E-state index contributed by atoms with van der Waals surface area (Å²) in [6.07, 6.45) is 0. The molecule has 0 amide bonds. The Morgan fingerprint density at radius 1 is 1.23 bits per heavy atom. The van der Waals surface area contributed by atoms with E-state index in [-0.39, 0.29) is 5.60 Å². The summed E-state index contributed by atoms with van der Waals surface area (Å²) in [5, 5.41) is 0. The summed E-state index contributed by atoms with van der Waals surface area (Å²) in [6.45, 7) is 13.7. The standard InChI is InChI=1S/C11H25NO/c1-10(2)9-12(6)7-8-13-11(3,4)5/h10H,7-9H2,1-6H3. The Bertz CT molecular complexity index is 127. The zero-order valence-corrected chi connectivity index (χ0v) is 10.1. The molecule has 0 heterocycles. The molecule has 0 bridgehead atoms. The molecule has 0 radical (unpaired) electrons. The van der Waals surface area contributed by atoms with Crippen molar-refractivity contribution in [3.63, 3.8) is 0 Å². The topological polar surface area (TPSA) is 12.5 Å². The Morgan fingerprint density at radius 2 is 1.77 bits per heavy atom. The van der Waals surface area contributed by atoms with Crippen molar-refractivity contribution in [3.8, 4) is 0 Å². The van der Waals surface area contributed by atoms with E-state index >= 15 is 0 Å². The predicted octanol–water partition coefficient (Wildman–Crippen LogP) is 2.39. The van der Waals surface area contributed by atoms with Gasteiger partial charge >= 0.3 is 0 Å². The van der Waals surface area contributed by atoms with E-state index in [2.05, 4.69) is 46.6 Å². The fourth-order valence-electron chi connectivity index (χ4n) is 1.22. The summed E-state index contributed by atoms with van der Waals surface area (Å²) in [4.78, 5) is 2.32. The smallest absolute Gasteiger partial charge is 0.0600 e. The van der Waals surface area contributed by atoms with E-state index in [0.717, 1.165) is 25.6 Å². The molecule has 0 aliphatic carbocycles. The van der Waals surface area contributed by atoms with Gasteiger partial charge in [-0.25, -0.2) is 0 Å². The van der Waals surface area contributed by atoms with E-state index in [0.29, 0.717) is 0 Å². The normalized spacial score (nSPS) is 12.9. The summed E-state index contributed by atoms with van der Waals surface area (Å²) in [7, 11) is 2.14. The number of hydrogen-bond acceptors (Lipinski definition) is 2. The van der Waals surface area contributed by atoms with Crippen LogP contribution in [0.4, 0.5) is 0 Å². The van der Waals surface area contributed by atoms with Gasteiger partial charge < -0.3 is 9.64 Å². The minimum Gasteiger partial charge on any atom is -0.375 e. The monoisotopic (exact) mass is 187 g/mol. The molecule has 0 atom stereocenters. The van der Waals surface area contributed by atoms with Crippen molar-refractivity contribution in [2.45, 2.75) is 40.2 Å². The Morgan fingerprint density at radius 3 is 2.15 bits per heavy atom. The summed E-state index contributed by atoms with van der Waals surface area (Å²) in [6, 6.07) is 0. The Kier molecular flexibility index (Phi) is 5.57. The maximum atomic E-state index is 5.64. The maximum absolute atomic E-state index is 5.64. The van der Waals surface area contributed by atoms with Crippen LogP contribution in [0.3, 0.4) is 0 Å². The molecule has 2 nitrogen and oxygen atoms in total. The third-order valence-electron chi connectivity index (χ3n) is 1.68. The second-order valence-electron chi connectivity index (χ2n) is 5.12. The van der Waals surface area contributed by atoms with Crippen LogP contribution in [0, 0.1) is 5.92 Å². The van der Waals surface area contributed by atoms with Gasteiger partial charge in [0.05, 0.1) is 12.2 Å². The summed E-state index contributed by atoms with van der Waals surface area (Å²) < 4.78 is 5.64. The number of rotatable bonds is 5. The average Bonchev–Trinajstić information content (AvgIpc) is 1.81. The predicted molar refractivity (Wildman–Crippen MR) is 58.0 cm³/mol. The number of ether oxygens (including phenoxy) is 1. The lowest BCUT2D eigenvalue weighted by molar-refractivity contribution is -0.0114. The van der Waals surface area contributed by atoms with E-state index < -0.39 is 0 Å². The number of nitrogens with zero attached hydrogens (tertiary/aromatic N) is 1. The fraction of sp³-hybridized carbons (Fsp3) is 1.00. The van der Waals surface area contributed by atoms with Gasteiger partial charge in [-0.15, -0.1) is 0 Å². The molecule has 0 N–H and O–H groups in total. The van der Waals surface area contributed by atoms with Crippen LogP contribution in [0.15, 0.2) is 0 Å². The first-order chi connectivity index (χ1) is 5.81. The lowest BCUT2D eigenvalue weighted by atomic mass is 10.2. The minimum atomic E-state index is -0.00132. The van der Waals surface area contributed by atoms with Crippen LogP contribution >= 0.6 is 0 Å². The molecule has 0 saturated heterocycles. The molecule has 13 heavy (non-hydrogen) atoms. The zero-order chi connectivity index (χ0) is 10.5. The van der Waals surface area contributed by atoms with Crippen LogP contribution in [-0.2, 0) is 4.74 Å². The van der Waals surface area contributed by atoms with E-state index in [1.54, 1.807) is 0 Å². The van der Waals surface area contributed by atoms with Crippen molar-refractivity contribution < 1.29 is 4.74 Å². The first kappa shape index (κ1) is 12.9. The molecule has 2 heteroatoms. The van der Waals surface area contributed by atoms with Crippen molar-refractivity contribution in [1.29, 1.82) is 0 Å². The third-order valence-corrected chi connectivity index (χ3v) is 1.68. The van der Waals surface area contributed by atoms with Crippen LogP contribution < -0.4 is 0 Å². The number of likely N-dealkylation sites (N-methyl/N-ethyl adjacent to an activating group) is 1. The SMILES string of the molecule is CC(C)CN(C)CCOC(C)(C)C. The maximum Gasteiger partial charge on any atom is 0.0600 e. The third kappa shape index (κ3) is 9.84. The molecule has 0 spiro atoms. The molecule has 0 aromatic carbocycles. The molecule has 0 aromatic rings. The molecular weight excluding hydrogens is 162 g/mol. The van der Waals surface area contributed by atoms with Gasteiger partial charge in [0, 0.05) is 13.1 Å². The highest BCUT2D eigenvalue weighted by molar-refractivity contribution is 4.60. The number of hydrogen-bond donors (Lipinski definition) is 0. The van der Waals surface area contributed by atoms with Crippen LogP contribution in [0.2, 0.25) is 0 Å². The van der Waals surface area contributed by atoms with E-state index in [1.807, 2.05) is 0 Å². The first-order valence-corrected chi connectivity index (χ1v) is 5.14. The average molecular weight is 187 g/mol. The van der Waals surface area contributed by atoms with Crippen LogP contribution in [0.5, 0.6) is 0 Å². The molecule has 0 aromatic heterocycles. The highest BCUT2D eigenvalue weighted by Gasteiger charge is 2.10. The Hall–Kier alpha value is -0.0800. The molecule has 0 saturated carbocycles. The quantitative estimate of drug-likeness (QED) is 0.655. The highest BCUT2D eigenvalue weighted by Crippen LogP contribution is 2.06. The Balaban J connectivity index is 3.42. The van der Waals surface area contributed by atoms with E-state index in [9.17, 15) is 0 Å². The fourth-order valence-corrected chi connectivity index (χ4v) is 1.22. The lowest BCUT2D eigenvalue weighted by Crippen LogP contribution is -2.30. The molecule has 0 aliphatic rings. The van der Waals surface area contributed by atoms with Gasteiger partial charge in [-0.3, -0.25) is 0 Å². The summed E-state index contributed by atoms with van der Waals surface area (Å²) >= 11 is 0. The van der Waals surface area contributed by atoms with Crippen molar-refractivity contribution in [3.05, 3.63) is 0 Å². The van der Waals surface area contributed by atoms with Crippen molar-refractivity contribution in [1.82, 2.24) is 4.90 Å². The van der Waals surface area contributed by atoms with Gasteiger partial charge in [-0.2, -0.15) is 0 Å². The summed E-state index contributed by atoms with van der Waals surface area (Å²) in [5.41, 5.74) is -0.00132. The van der Waals surface area contributed by atoms with Gasteiger partial charge in [0.1, 0.15) is 0 Å². The highest BCUT2D eigenvalue weighted by atomic mass is 16.5. The van der Waals surface area contributed by atoms with Gasteiger partial charge in [0.25, 0.3) is 0 Å². The van der Waals surface area contributed by atoms with Crippen LogP contribution in [0.25, 0.3) is 0 Å². The second-order valence-corrected chi connectivity index (χ2v) is 5.12. The molecule has 0 unspecified atom stereocenters. The largest absolute Gasteiger partial charge is 0.375 e. The summed E-state index contributed by atoms with van der Waals surface area (Å²) in [5.74, 6) is 0.736. The van der Waals surface area contributed by atoms with Gasteiger partial charge in [-0.1, -0.05) is 13.8 Å². The van der Waals surface area contributed by atoms with Crippen molar-refractivity contribution in [2.24, 2.45) is 5.92 Å². The van der Waals surface area contributed by atoms with Gasteiger partial charge in [-0.05, 0) is 33.7 Å².